The third-order valence-corrected chi connectivity index (χ3v) is 9.84. The van der Waals surface area contributed by atoms with Crippen LogP contribution in [0.3, 0.4) is 0 Å². The largest absolute Gasteiger partial charge is 0.338 e. The van der Waals surface area contributed by atoms with Crippen LogP contribution in [0.1, 0.15) is 49.9 Å². The minimum absolute atomic E-state index is 0.00417. The molecular formula is C37H36FN9O2. The molecule has 248 valence electrons. The van der Waals surface area contributed by atoms with Crippen molar-refractivity contribution in [2.75, 3.05) is 38.0 Å². The van der Waals surface area contributed by atoms with Gasteiger partial charge in [-0.3, -0.25) is 19.6 Å². The lowest BCUT2D eigenvalue weighted by Crippen LogP contribution is -2.43. The summed E-state index contributed by atoms with van der Waals surface area (Å²) in [5, 5.41) is 11.6. The number of carbonyl (C=O) groups excluding carboxylic acids is 2. The van der Waals surface area contributed by atoms with Gasteiger partial charge in [0, 0.05) is 66.3 Å². The molecule has 0 spiro atoms. The number of carbonyl (C=O) groups is 2. The van der Waals surface area contributed by atoms with Crippen molar-refractivity contribution in [3.63, 3.8) is 0 Å². The van der Waals surface area contributed by atoms with Gasteiger partial charge < -0.3 is 10.2 Å². The maximum absolute atomic E-state index is 15.1. The molecule has 12 heteroatoms. The predicted molar refractivity (Wildman–Crippen MR) is 183 cm³/mol. The number of H-pyrrole nitrogens is 1. The normalized spacial score (nSPS) is 19.6. The topological polar surface area (TPSA) is 133 Å². The van der Waals surface area contributed by atoms with E-state index >= 15 is 4.39 Å². The van der Waals surface area contributed by atoms with Crippen molar-refractivity contribution in [2.24, 2.45) is 5.41 Å². The highest BCUT2D eigenvalue weighted by Gasteiger charge is 2.41. The van der Waals surface area contributed by atoms with Crippen LogP contribution in [0.2, 0.25) is 0 Å². The molecule has 2 aliphatic heterocycles. The van der Waals surface area contributed by atoms with Crippen molar-refractivity contribution < 1.29 is 14.0 Å². The van der Waals surface area contributed by atoms with Gasteiger partial charge in [-0.1, -0.05) is 18.2 Å². The van der Waals surface area contributed by atoms with Gasteiger partial charge in [0.2, 0.25) is 11.8 Å². The molecular weight excluding hydrogens is 621 g/mol. The Bertz CT molecular complexity index is 2090. The molecule has 0 bridgehead atoms. The molecule has 3 aliphatic rings. The lowest BCUT2D eigenvalue weighted by atomic mass is 9.88. The van der Waals surface area contributed by atoms with Gasteiger partial charge >= 0.3 is 0 Å². The molecule has 0 unspecified atom stereocenters. The van der Waals surface area contributed by atoms with Gasteiger partial charge in [0.25, 0.3) is 0 Å². The zero-order valence-electron chi connectivity index (χ0n) is 27.2. The quantitative estimate of drug-likeness (QED) is 0.225. The fraction of sp³-hybridized carbons (Fsp3) is 0.324. The second-order valence-electron chi connectivity index (χ2n) is 13.5. The third-order valence-electron chi connectivity index (χ3n) is 9.84. The van der Waals surface area contributed by atoms with E-state index in [9.17, 15) is 9.59 Å². The average molecular weight is 658 g/mol. The SMILES string of the molecule is C[C@@]1(C(=O)Nc2ccc3[nH]nc(-c4ccnc(C5CC5)n4)c3c2)CCN(CC(=O)N2CC=C(c3ccc(-c4ncccn4)cc3F)CC2)C1. The highest BCUT2D eigenvalue weighted by Crippen LogP contribution is 2.39. The summed E-state index contributed by atoms with van der Waals surface area (Å²) in [6.45, 7) is 4.24. The van der Waals surface area contributed by atoms with E-state index in [1.54, 1.807) is 35.6 Å². The number of hydrogen-bond donors (Lipinski definition) is 2. The van der Waals surface area contributed by atoms with Gasteiger partial charge in [-0.25, -0.2) is 24.3 Å². The van der Waals surface area contributed by atoms with Crippen LogP contribution >= 0.6 is 0 Å². The van der Waals surface area contributed by atoms with Crippen molar-refractivity contribution in [3.05, 3.63) is 90.4 Å². The Morgan fingerprint density at radius 3 is 2.67 bits per heavy atom. The number of aromatic amines is 1. The monoisotopic (exact) mass is 657 g/mol. The van der Waals surface area contributed by atoms with Crippen LogP contribution in [0, 0.1) is 11.2 Å². The second-order valence-corrected chi connectivity index (χ2v) is 13.5. The molecule has 5 aromatic rings. The molecule has 1 aliphatic carbocycles. The van der Waals surface area contributed by atoms with Gasteiger partial charge in [-0.05, 0) is 81.1 Å². The van der Waals surface area contributed by atoms with E-state index in [0.29, 0.717) is 67.6 Å². The Labute approximate surface area is 282 Å². The highest BCUT2D eigenvalue weighted by atomic mass is 19.1. The summed E-state index contributed by atoms with van der Waals surface area (Å²) in [7, 11) is 0. The zero-order chi connectivity index (χ0) is 33.5. The smallest absolute Gasteiger partial charge is 0.237 e. The van der Waals surface area contributed by atoms with Gasteiger partial charge in [0.1, 0.15) is 17.3 Å². The van der Waals surface area contributed by atoms with E-state index in [-0.39, 0.29) is 24.2 Å². The van der Waals surface area contributed by atoms with E-state index in [1.807, 2.05) is 43.3 Å². The Kier molecular flexibility index (Phi) is 7.95. The number of amides is 2. The first-order valence-electron chi connectivity index (χ1n) is 16.7. The fourth-order valence-corrected chi connectivity index (χ4v) is 6.78. The average Bonchev–Trinajstić information content (AvgIpc) is 3.79. The van der Waals surface area contributed by atoms with Crippen LogP contribution < -0.4 is 5.32 Å². The molecule has 11 nitrogen and oxygen atoms in total. The van der Waals surface area contributed by atoms with E-state index < -0.39 is 5.41 Å². The van der Waals surface area contributed by atoms with Crippen LogP contribution in [0.25, 0.3) is 39.3 Å². The molecule has 0 radical (unpaired) electrons. The molecule has 2 N–H and O–H groups in total. The first-order chi connectivity index (χ1) is 23.8. The summed E-state index contributed by atoms with van der Waals surface area (Å²) in [6.07, 6.45) is 10.4. The van der Waals surface area contributed by atoms with Crippen molar-refractivity contribution in [1.29, 1.82) is 0 Å². The maximum Gasteiger partial charge on any atom is 0.237 e. The standard InChI is InChI=1S/C37H36FN9O2/c1-37(36(49)42-26-6-8-30-28(20-26)33(45-44-30)31-9-15-41-35(43-31)24-3-4-24)12-18-46(22-37)21-32(48)47-16-10-23(11-17-47)27-7-5-25(19-29(27)38)34-39-13-2-14-40-34/h2,5-10,13-15,19-20,24H,3-4,11-12,16-18,21-22H2,1H3,(H,42,49)(H,44,45)/t37-/m1/s1. The molecule has 3 aromatic heterocycles. The number of benzene rings is 2. The molecule has 1 saturated heterocycles. The van der Waals surface area contributed by atoms with E-state index in [1.165, 1.54) is 6.07 Å². The molecule has 49 heavy (non-hydrogen) atoms. The Balaban J connectivity index is 0.878. The maximum atomic E-state index is 15.1. The van der Waals surface area contributed by atoms with Crippen LogP contribution in [-0.2, 0) is 9.59 Å². The van der Waals surface area contributed by atoms with Crippen molar-refractivity contribution in [1.82, 2.24) is 39.9 Å². The van der Waals surface area contributed by atoms with Gasteiger partial charge in [0.05, 0.1) is 23.2 Å². The third kappa shape index (κ3) is 6.31. The molecule has 2 aromatic carbocycles. The molecule has 2 amide bonds. The summed E-state index contributed by atoms with van der Waals surface area (Å²) in [6, 6.07) is 14.3. The van der Waals surface area contributed by atoms with Crippen molar-refractivity contribution in [3.8, 4) is 22.8 Å². The molecule has 1 saturated carbocycles. The number of hydrogen-bond acceptors (Lipinski definition) is 8. The lowest BCUT2D eigenvalue weighted by Gasteiger charge is -2.29. The number of aromatic nitrogens is 6. The minimum atomic E-state index is -0.649. The number of likely N-dealkylation sites (tertiary alicyclic amines) is 1. The summed E-state index contributed by atoms with van der Waals surface area (Å²) in [5.74, 6) is 1.36. The zero-order valence-corrected chi connectivity index (χ0v) is 27.2. The Morgan fingerprint density at radius 2 is 1.90 bits per heavy atom. The van der Waals surface area contributed by atoms with Crippen molar-refractivity contribution >= 4 is 34.0 Å². The summed E-state index contributed by atoms with van der Waals surface area (Å²) < 4.78 is 15.1. The van der Waals surface area contributed by atoms with Crippen molar-refractivity contribution in [2.45, 2.75) is 38.5 Å². The highest BCUT2D eigenvalue weighted by molar-refractivity contribution is 6.00. The predicted octanol–water partition coefficient (Wildman–Crippen LogP) is 5.46. The fourth-order valence-electron chi connectivity index (χ4n) is 6.78. The number of rotatable bonds is 8. The minimum Gasteiger partial charge on any atom is -0.338 e. The summed E-state index contributed by atoms with van der Waals surface area (Å²) in [4.78, 5) is 48.3. The van der Waals surface area contributed by atoms with Crippen LogP contribution in [0.4, 0.5) is 10.1 Å². The van der Waals surface area contributed by atoms with E-state index in [4.69, 9.17) is 4.98 Å². The number of halogens is 1. The lowest BCUT2D eigenvalue weighted by molar-refractivity contribution is -0.132. The number of anilines is 1. The molecule has 2 fully saturated rings. The summed E-state index contributed by atoms with van der Waals surface area (Å²) in [5.41, 5.74) is 4.42. The number of fused-ring (bicyclic) bond motifs is 1. The van der Waals surface area contributed by atoms with Gasteiger partial charge in [-0.2, -0.15) is 5.10 Å². The second kappa shape index (κ2) is 12.6. The molecule has 5 heterocycles. The van der Waals surface area contributed by atoms with Gasteiger partial charge in [-0.15, -0.1) is 0 Å². The Morgan fingerprint density at radius 1 is 1.04 bits per heavy atom. The first kappa shape index (κ1) is 30.9. The van der Waals surface area contributed by atoms with Crippen LogP contribution in [0.5, 0.6) is 0 Å². The first-order valence-corrected chi connectivity index (χ1v) is 16.7. The van der Waals surface area contributed by atoms with E-state index in [2.05, 4.69) is 35.4 Å². The molecule has 1 atom stereocenters. The number of nitrogens with zero attached hydrogens (tertiary/aromatic N) is 7. The molecule has 8 rings (SSSR count). The van der Waals surface area contributed by atoms with Crippen LogP contribution in [-0.4, -0.2) is 84.5 Å². The Hall–Kier alpha value is -5.36. The van der Waals surface area contributed by atoms with Gasteiger partial charge in [0.15, 0.2) is 5.82 Å². The van der Waals surface area contributed by atoms with E-state index in [0.717, 1.165) is 46.5 Å². The summed E-state index contributed by atoms with van der Waals surface area (Å²) >= 11 is 0. The van der Waals surface area contributed by atoms with Crippen LogP contribution in [0.15, 0.2) is 73.2 Å². The number of nitrogens with one attached hydrogen (secondary N) is 2.